The molecule has 0 bridgehead atoms. The van der Waals surface area contributed by atoms with E-state index in [1.165, 1.54) is 0 Å². The van der Waals surface area contributed by atoms with Gasteiger partial charge in [0.15, 0.2) is 6.10 Å². The Morgan fingerprint density at radius 1 is 1.20 bits per heavy atom. The Bertz CT molecular complexity index is 427. The standard InChI is InChI=1S/C14H19F3NOP/c1-18-8-6-10(7-9-18)13(14(15,16)17)19-11-2-4-12(20)5-3-11/h2-5,10,13H,6-9,20H2,1H3. The Kier molecular flexibility index (Phi) is 4.92. The molecule has 1 fully saturated rings. The van der Waals surface area contributed by atoms with Crippen molar-refractivity contribution in [3.05, 3.63) is 24.3 Å². The summed E-state index contributed by atoms with van der Waals surface area (Å²) in [5, 5.41) is 0.917. The summed E-state index contributed by atoms with van der Waals surface area (Å²) >= 11 is 0. The summed E-state index contributed by atoms with van der Waals surface area (Å²) in [6.07, 6.45) is -5.02. The van der Waals surface area contributed by atoms with Gasteiger partial charge < -0.3 is 9.64 Å². The molecule has 20 heavy (non-hydrogen) atoms. The van der Waals surface area contributed by atoms with Crippen LogP contribution < -0.4 is 10.0 Å². The van der Waals surface area contributed by atoms with Gasteiger partial charge in [-0.05, 0) is 50.4 Å². The summed E-state index contributed by atoms with van der Waals surface area (Å²) in [7, 11) is 4.42. The van der Waals surface area contributed by atoms with Crippen molar-refractivity contribution in [1.29, 1.82) is 0 Å². The predicted octanol–water partition coefficient (Wildman–Crippen LogP) is 2.84. The van der Waals surface area contributed by atoms with Gasteiger partial charge in [0, 0.05) is 5.92 Å². The molecule has 1 saturated heterocycles. The molecule has 112 valence electrons. The first-order valence-corrected chi connectivity index (χ1v) is 7.21. The normalized spacial score (nSPS) is 19.9. The van der Waals surface area contributed by atoms with E-state index in [4.69, 9.17) is 4.74 Å². The molecule has 0 spiro atoms. The average Bonchev–Trinajstić information content (AvgIpc) is 2.38. The molecular weight excluding hydrogens is 286 g/mol. The first-order valence-electron chi connectivity index (χ1n) is 6.63. The molecule has 2 rings (SSSR count). The summed E-state index contributed by atoms with van der Waals surface area (Å²) in [6, 6.07) is 6.61. The lowest BCUT2D eigenvalue weighted by Crippen LogP contribution is -2.45. The fraction of sp³-hybridized carbons (Fsp3) is 0.571. The molecule has 2 nitrogen and oxygen atoms in total. The highest BCUT2D eigenvalue weighted by Crippen LogP contribution is 2.34. The van der Waals surface area contributed by atoms with Crippen molar-refractivity contribution in [2.75, 3.05) is 20.1 Å². The van der Waals surface area contributed by atoms with Gasteiger partial charge in [-0.25, -0.2) is 0 Å². The number of benzene rings is 1. The maximum absolute atomic E-state index is 13.2. The number of hydrogen-bond donors (Lipinski definition) is 0. The molecule has 1 aliphatic rings. The van der Waals surface area contributed by atoms with Crippen LogP contribution in [-0.2, 0) is 0 Å². The molecular formula is C14H19F3NOP. The highest BCUT2D eigenvalue weighted by Gasteiger charge is 2.47. The topological polar surface area (TPSA) is 12.5 Å². The first-order chi connectivity index (χ1) is 9.36. The quantitative estimate of drug-likeness (QED) is 0.796. The third-order valence-electron chi connectivity index (χ3n) is 3.66. The number of ether oxygens (including phenoxy) is 1. The van der Waals surface area contributed by atoms with Crippen LogP contribution in [0.2, 0.25) is 0 Å². The second kappa shape index (κ2) is 6.31. The zero-order valence-electron chi connectivity index (χ0n) is 11.4. The molecule has 1 heterocycles. The third kappa shape index (κ3) is 4.10. The molecule has 0 amide bonds. The summed E-state index contributed by atoms with van der Waals surface area (Å²) in [5.74, 6) is -0.195. The van der Waals surface area contributed by atoms with Gasteiger partial charge in [0.25, 0.3) is 0 Å². The fourth-order valence-corrected chi connectivity index (χ4v) is 2.65. The lowest BCUT2D eigenvalue weighted by atomic mass is 9.91. The van der Waals surface area contributed by atoms with Crippen molar-refractivity contribution in [3.63, 3.8) is 0 Å². The van der Waals surface area contributed by atoms with Crippen molar-refractivity contribution in [2.45, 2.75) is 25.1 Å². The second-order valence-corrected chi connectivity index (χ2v) is 5.96. The summed E-state index contributed by atoms with van der Waals surface area (Å²) in [6.45, 7) is 1.37. The number of piperidine rings is 1. The lowest BCUT2D eigenvalue weighted by molar-refractivity contribution is -0.213. The molecule has 0 aromatic heterocycles. The Morgan fingerprint density at radius 2 is 1.75 bits per heavy atom. The van der Waals surface area contributed by atoms with Gasteiger partial charge in [-0.2, -0.15) is 13.2 Å². The Balaban J connectivity index is 2.10. The van der Waals surface area contributed by atoms with Gasteiger partial charge in [0.05, 0.1) is 0 Å². The summed E-state index contributed by atoms with van der Waals surface area (Å²) in [5.41, 5.74) is 0. The Hall–Kier alpha value is -0.800. The number of rotatable bonds is 3. The van der Waals surface area contributed by atoms with Crippen molar-refractivity contribution in [2.24, 2.45) is 5.92 Å². The highest BCUT2D eigenvalue weighted by atomic mass is 31.0. The molecule has 2 unspecified atom stereocenters. The zero-order valence-corrected chi connectivity index (χ0v) is 12.5. The Morgan fingerprint density at radius 3 is 2.25 bits per heavy atom. The van der Waals surface area contributed by atoms with E-state index >= 15 is 0 Å². The van der Waals surface area contributed by atoms with Crippen LogP contribution in [0.25, 0.3) is 0 Å². The van der Waals surface area contributed by atoms with Gasteiger partial charge >= 0.3 is 6.18 Å². The van der Waals surface area contributed by atoms with Crippen LogP contribution in [0.5, 0.6) is 5.75 Å². The molecule has 0 radical (unpaired) electrons. The van der Waals surface area contributed by atoms with Crippen LogP contribution >= 0.6 is 9.24 Å². The largest absolute Gasteiger partial charge is 0.481 e. The Labute approximate surface area is 119 Å². The van der Waals surface area contributed by atoms with Crippen LogP contribution in [0.4, 0.5) is 13.2 Å². The molecule has 0 N–H and O–H groups in total. The van der Waals surface area contributed by atoms with E-state index < -0.39 is 18.2 Å². The van der Waals surface area contributed by atoms with Crippen LogP contribution in [0.15, 0.2) is 24.3 Å². The minimum absolute atomic E-state index is 0.275. The van der Waals surface area contributed by atoms with Crippen molar-refractivity contribution < 1.29 is 17.9 Å². The SMILES string of the molecule is CN1CCC(C(Oc2ccc(P)cc2)C(F)(F)F)CC1. The summed E-state index contributed by atoms with van der Waals surface area (Å²) < 4.78 is 44.9. The van der Waals surface area contributed by atoms with Gasteiger partial charge in [-0.1, -0.05) is 12.1 Å². The fourth-order valence-electron chi connectivity index (χ4n) is 2.45. The third-order valence-corrected chi connectivity index (χ3v) is 4.04. The van der Waals surface area contributed by atoms with E-state index in [2.05, 4.69) is 9.24 Å². The number of nitrogens with zero attached hydrogens (tertiary/aromatic N) is 1. The monoisotopic (exact) mass is 305 g/mol. The van der Waals surface area contributed by atoms with E-state index in [1.807, 2.05) is 11.9 Å². The average molecular weight is 305 g/mol. The van der Waals surface area contributed by atoms with E-state index in [9.17, 15) is 13.2 Å². The molecule has 1 aromatic carbocycles. The molecule has 1 aliphatic heterocycles. The van der Waals surface area contributed by atoms with Crippen LogP contribution in [0, 0.1) is 5.92 Å². The van der Waals surface area contributed by atoms with E-state index in [0.29, 0.717) is 25.9 Å². The molecule has 1 aromatic rings. The maximum Gasteiger partial charge on any atom is 0.425 e. The highest BCUT2D eigenvalue weighted by molar-refractivity contribution is 7.27. The molecule has 0 aliphatic carbocycles. The van der Waals surface area contributed by atoms with E-state index in [-0.39, 0.29) is 5.75 Å². The second-order valence-electron chi connectivity index (χ2n) is 5.29. The number of likely N-dealkylation sites (tertiary alicyclic amines) is 1. The molecule has 2 atom stereocenters. The van der Waals surface area contributed by atoms with Gasteiger partial charge in [-0.3, -0.25) is 0 Å². The van der Waals surface area contributed by atoms with E-state index in [1.54, 1.807) is 24.3 Å². The zero-order chi connectivity index (χ0) is 14.8. The minimum atomic E-state index is -4.33. The van der Waals surface area contributed by atoms with Crippen LogP contribution in [0.1, 0.15) is 12.8 Å². The van der Waals surface area contributed by atoms with Crippen LogP contribution in [0.3, 0.4) is 0 Å². The molecule has 6 heteroatoms. The number of halogens is 3. The van der Waals surface area contributed by atoms with Crippen molar-refractivity contribution in [1.82, 2.24) is 4.90 Å². The van der Waals surface area contributed by atoms with Crippen molar-refractivity contribution >= 4 is 14.5 Å². The number of hydrogen-bond acceptors (Lipinski definition) is 2. The van der Waals surface area contributed by atoms with Crippen molar-refractivity contribution in [3.8, 4) is 5.75 Å². The number of alkyl halides is 3. The predicted molar refractivity (Wildman–Crippen MR) is 76.5 cm³/mol. The van der Waals surface area contributed by atoms with Gasteiger partial charge in [-0.15, -0.1) is 9.24 Å². The van der Waals surface area contributed by atoms with Gasteiger partial charge in [0.2, 0.25) is 0 Å². The van der Waals surface area contributed by atoms with Gasteiger partial charge in [0.1, 0.15) is 5.75 Å². The minimum Gasteiger partial charge on any atom is -0.481 e. The first kappa shape index (κ1) is 15.6. The lowest BCUT2D eigenvalue weighted by Gasteiger charge is -2.35. The molecule has 0 saturated carbocycles. The van der Waals surface area contributed by atoms with Crippen LogP contribution in [-0.4, -0.2) is 37.3 Å². The smallest absolute Gasteiger partial charge is 0.425 e. The maximum atomic E-state index is 13.2. The van der Waals surface area contributed by atoms with E-state index in [0.717, 1.165) is 5.30 Å². The summed E-state index contributed by atoms with van der Waals surface area (Å²) in [4.78, 5) is 2.05.